The maximum atomic E-state index is 14.4. The molecule has 1 amide bonds. The van der Waals surface area contributed by atoms with Crippen LogP contribution in [-0.4, -0.2) is 46.9 Å². The first-order valence-corrected chi connectivity index (χ1v) is 8.17. The predicted molar refractivity (Wildman–Crippen MR) is 89.8 cm³/mol. The molecule has 1 heterocycles. The molecule has 1 aliphatic heterocycles. The second-order valence-corrected chi connectivity index (χ2v) is 7.17. The van der Waals surface area contributed by atoms with Crippen LogP contribution in [-0.2, 0) is 4.74 Å². The molecule has 1 aliphatic rings. The standard InChI is InChI=1S/C16H20ClFN2O5/c1-16(2,3)25-15(21)19-7-6-14(12(18)9-19)24-13-5-4-10(20(22)23)8-11(13)17/h4-5,8,12,14H,6-7,9H2,1-3H3/t12-,14-/m0/s1. The molecule has 0 aromatic heterocycles. The number of piperidine rings is 1. The highest BCUT2D eigenvalue weighted by atomic mass is 35.5. The lowest BCUT2D eigenvalue weighted by atomic mass is 10.1. The van der Waals surface area contributed by atoms with Crippen LogP contribution in [0.2, 0.25) is 5.02 Å². The van der Waals surface area contributed by atoms with Crippen LogP contribution in [0.5, 0.6) is 5.75 Å². The number of ether oxygens (including phenoxy) is 2. The smallest absolute Gasteiger partial charge is 0.410 e. The number of hydrogen-bond donors (Lipinski definition) is 0. The quantitative estimate of drug-likeness (QED) is 0.590. The molecule has 2 atom stereocenters. The summed E-state index contributed by atoms with van der Waals surface area (Å²) in [5.74, 6) is 0.172. The number of carbonyl (C=O) groups is 1. The first-order valence-electron chi connectivity index (χ1n) is 7.79. The number of likely N-dealkylation sites (tertiary alicyclic amines) is 1. The summed E-state index contributed by atoms with van der Waals surface area (Å²) >= 11 is 5.96. The van der Waals surface area contributed by atoms with E-state index in [0.29, 0.717) is 0 Å². The number of carbonyl (C=O) groups excluding carboxylic acids is 1. The highest BCUT2D eigenvalue weighted by Gasteiger charge is 2.35. The van der Waals surface area contributed by atoms with E-state index in [4.69, 9.17) is 21.1 Å². The normalized spacial score (nSPS) is 20.9. The van der Waals surface area contributed by atoms with Gasteiger partial charge in [-0.2, -0.15) is 0 Å². The van der Waals surface area contributed by atoms with Gasteiger partial charge in [0.15, 0.2) is 6.17 Å². The van der Waals surface area contributed by atoms with Crippen LogP contribution < -0.4 is 4.74 Å². The van der Waals surface area contributed by atoms with Crippen LogP contribution in [0.4, 0.5) is 14.9 Å². The molecule has 0 aliphatic carbocycles. The van der Waals surface area contributed by atoms with Gasteiger partial charge >= 0.3 is 6.09 Å². The Morgan fingerprint density at radius 1 is 1.44 bits per heavy atom. The molecule has 0 N–H and O–H groups in total. The molecule has 0 saturated carbocycles. The van der Waals surface area contributed by atoms with Crippen LogP contribution in [0.1, 0.15) is 27.2 Å². The van der Waals surface area contributed by atoms with Gasteiger partial charge in [0.25, 0.3) is 5.69 Å². The predicted octanol–water partition coefficient (Wildman–Crippen LogP) is 3.97. The number of rotatable bonds is 3. The average Bonchev–Trinajstić information content (AvgIpc) is 2.49. The molecule has 138 valence electrons. The van der Waals surface area contributed by atoms with Gasteiger partial charge in [0, 0.05) is 25.1 Å². The van der Waals surface area contributed by atoms with Gasteiger partial charge in [-0.05, 0) is 26.8 Å². The maximum absolute atomic E-state index is 14.4. The Balaban J connectivity index is 1.98. The number of hydrogen-bond acceptors (Lipinski definition) is 5. The third-order valence-electron chi connectivity index (χ3n) is 3.54. The fraction of sp³-hybridized carbons (Fsp3) is 0.562. The summed E-state index contributed by atoms with van der Waals surface area (Å²) in [7, 11) is 0. The van der Waals surface area contributed by atoms with Crippen molar-refractivity contribution in [3.8, 4) is 5.75 Å². The van der Waals surface area contributed by atoms with Gasteiger partial charge in [-0.3, -0.25) is 10.1 Å². The molecular formula is C16H20ClFN2O5. The van der Waals surface area contributed by atoms with Gasteiger partial charge in [-0.1, -0.05) is 11.6 Å². The Morgan fingerprint density at radius 3 is 2.64 bits per heavy atom. The lowest BCUT2D eigenvalue weighted by molar-refractivity contribution is -0.384. The average molecular weight is 375 g/mol. The highest BCUT2D eigenvalue weighted by molar-refractivity contribution is 6.32. The summed E-state index contributed by atoms with van der Waals surface area (Å²) in [5.41, 5.74) is -0.823. The van der Waals surface area contributed by atoms with Gasteiger partial charge in [-0.15, -0.1) is 0 Å². The van der Waals surface area contributed by atoms with Crippen molar-refractivity contribution in [2.45, 2.75) is 45.1 Å². The van der Waals surface area contributed by atoms with Crippen molar-refractivity contribution in [1.29, 1.82) is 0 Å². The van der Waals surface area contributed by atoms with E-state index in [0.717, 1.165) is 6.07 Å². The molecule has 25 heavy (non-hydrogen) atoms. The van der Waals surface area contributed by atoms with Crippen LogP contribution in [0.25, 0.3) is 0 Å². The Morgan fingerprint density at radius 2 is 2.12 bits per heavy atom. The van der Waals surface area contributed by atoms with Gasteiger partial charge < -0.3 is 14.4 Å². The second-order valence-electron chi connectivity index (χ2n) is 6.76. The minimum atomic E-state index is -1.42. The van der Waals surface area contributed by atoms with E-state index in [-0.39, 0.29) is 36.0 Å². The van der Waals surface area contributed by atoms with Crippen molar-refractivity contribution in [3.63, 3.8) is 0 Å². The number of nitro benzene ring substituents is 1. The lowest BCUT2D eigenvalue weighted by Gasteiger charge is -2.35. The lowest BCUT2D eigenvalue weighted by Crippen LogP contribution is -2.50. The van der Waals surface area contributed by atoms with Gasteiger partial charge in [0.1, 0.15) is 17.5 Å². The van der Waals surface area contributed by atoms with E-state index < -0.39 is 28.9 Å². The van der Waals surface area contributed by atoms with E-state index >= 15 is 0 Å². The van der Waals surface area contributed by atoms with Gasteiger partial charge in [-0.25, -0.2) is 9.18 Å². The molecule has 0 bridgehead atoms. The maximum Gasteiger partial charge on any atom is 0.410 e. The first-order chi connectivity index (χ1) is 11.6. The van der Waals surface area contributed by atoms with Crippen LogP contribution in [0, 0.1) is 10.1 Å². The van der Waals surface area contributed by atoms with Crippen molar-refractivity contribution in [1.82, 2.24) is 4.90 Å². The molecule has 0 radical (unpaired) electrons. The molecule has 0 spiro atoms. The number of halogens is 2. The summed E-state index contributed by atoms with van der Waals surface area (Å²) in [6, 6.07) is 3.73. The molecule has 7 nitrogen and oxygen atoms in total. The largest absolute Gasteiger partial charge is 0.486 e. The van der Waals surface area contributed by atoms with Crippen molar-refractivity contribution >= 4 is 23.4 Å². The molecule has 2 rings (SSSR count). The Hall–Kier alpha value is -2.09. The first kappa shape index (κ1) is 19.2. The van der Waals surface area contributed by atoms with Crippen LogP contribution in [0.3, 0.4) is 0 Å². The highest BCUT2D eigenvalue weighted by Crippen LogP contribution is 2.31. The third-order valence-corrected chi connectivity index (χ3v) is 3.83. The summed E-state index contributed by atoms with van der Waals surface area (Å²) in [5, 5.41) is 10.7. The molecule has 1 aromatic carbocycles. The number of alkyl halides is 1. The molecule has 1 saturated heterocycles. The number of nitro groups is 1. The van der Waals surface area contributed by atoms with Crippen LogP contribution >= 0.6 is 11.6 Å². The molecule has 1 aromatic rings. The zero-order chi connectivity index (χ0) is 18.8. The Kier molecular flexibility index (Phi) is 5.72. The number of non-ortho nitro benzene ring substituents is 1. The topological polar surface area (TPSA) is 81.9 Å². The summed E-state index contributed by atoms with van der Waals surface area (Å²) in [4.78, 5) is 23.4. The number of amides is 1. The van der Waals surface area contributed by atoms with E-state index in [1.54, 1.807) is 20.8 Å². The fourth-order valence-corrected chi connectivity index (χ4v) is 2.59. The molecule has 1 fully saturated rings. The Labute approximate surface area is 149 Å². The number of nitrogens with zero attached hydrogens (tertiary/aromatic N) is 2. The second kappa shape index (κ2) is 7.43. The SMILES string of the molecule is CC(C)(C)OC(=O)N1CC[C@H](Oc2ccc([N+](=O)[O-])cc2Cl)[C@@H](F)C1. The van der Waals surface area contributed by atoms with E-state index in [9.17, 15) is 19.3 Å². The van der Waals surface area contributed by atoms with E-state index in [2.05, 4.69) is 0 Å². The van der Waals surface area contributed by atoms with E-state index in [1.807, 2.05) is 0 Å². The summed E-state index contributed by atoms with van der Waals surface area (Å²) in [6.45, 7) is 5.35. The van der Waals surface area contributed by atoms with Crippen molar-refractivity contribution in [2.75, 3.05) is 13.1 Å². The minimum absolute atomic E-state index is 0.0379. The molecular weight excluding hydrogens is 355 g/mol. The van der Waals surface area contributed by atoms with Crippen molar-refractivity contribution in [3.05, 3.63) is 33.3 Å². The summed E-state index contributed by atoms with van der Waals surface area (Å²) < 4.78 is 25.2. The molecule has 0 unspecified atom stereocenters. The zero-order valence-electron chi connectivity index (χ0n) is 14.2. The van der Waals surface area contributed by atoms with Crippen molar-refractivity contribution < 1.29 is 23.6 Å². The van der Waals surface area contributed by atoms with Crippen LogP contribution in [0.15, 0.2) is 18.2 Å². The van der Waals surface area contributed by atoms with Gasteiger partial charge in [0.05, 0.1) is 16.5 Å². The Bertz CT molecular complexity index is 664. The molecule has 9 heteroatoms. The fourth-order valence-electron chi connectivity index (χ4n) is 2.37. The zero-order valence-corrected chi connectivity index (χ0v) is 15.0. The minimum Gasteiger partial charge on any atom is -0.486 e. The monoisotopic (exact) mass is 374 g/mol. The van der Waals surface area contributed by atoms with Gasteiger partial charge in [0.2, 0.25) is 0 Å². The van der Waals surface area contributed by atoms with Crippen molar-refractivity contribution in [2.24, 2.45) is 0 Å². The number of benzene rings is 1. The third kappa shape index (κ3) is 5.19. The summed E-state index contributed by atoms with van der Waals surface area (Å²) in [6.07, 6.45) is -2.53. The van der Waals surface area contributed by atoms with E-state index in [1.165, 1.54) is 17.0 Å².